The monoisotopic (exact) mass is 612 g/mol. The molecular formula is C29H35F3N2O7S. The van der Waals surface area contributed by atoms with E-state index in [9.17, 15) is 31.5 Å². The summed E-state index contributed by atoms with van der Waals surface area (Å²) in [5, 5.41) is 12.5. The van der Waals surface area contributed by atoms with E-state index in [0.717, 1.165) is 42.1 Å². The van der Waals surface area contributed by atoms with Crippen molar-refractivity contribution < 1.29 is 45.7 Å². The number of benzene rings is 2. The standard InChI is InChI=1S/C29H35F3N2O7S/c1-39-24-10-12-25(13-11-24)42(37,38)34(14-16-35)15-17-40-27-19-21(20-6-8-22(9-7-20)29(30,31)32)18-26(41-27)28(36)33-23-4-2-3-5-23/h6-13,18,21,23,27,35H,2-5,14-17,19H2,1H3,(H,33,36)/t21-,27+/m1/s1. The summed E-state index contributed by atoms with van der Waals surface area (Å²) in [5.74, 6) is -0.423. The van der Waals surface area contributed by atoms with E-state index in [1.165, 1.54) is 43.5 Å². The van der Waals surface area contributed by atoms with Crippen LogP contribution < -0.4 is 10.1 Å². The van der Waals surface area contributed by atoms with Crippen molar-refractivity contribution in [1.29, 1.82) is 0 Å². The van der Waals surface area contributed by atoms with Crippen molar-refractivity contribution in [3.05, 3.63) is 71.5 Å². The van der Waals surface area contributed by atoms with Crippen LogP contribution in [0.15, 0.2) is 65.3 Å². The minimum Gasteiger partial charge on any atom is -0.497 e. The van der Waals surface area contributed by atoms with Crippen LogP contribution in [0.4, 0.5) is 13.2 Å². The molecule has 4 rings (SSSR count). The number of nitrogens with zero attached hydrogens (tertiary/aromatic N) is 1. The van der Waals surface area contributed by atoms with Gasteiger partial charge in [-0.05, 0) is 60.9 Å². The lowest BCUT2D eigenvalue weighted by molar-refractivity contribution is -0.146. The zero-order chi connectivity index (χ0) is 30.3. The number of halogens is 3. The van der Waals surface area contributed by atoms with Crippen LogP contribution in [0.25, 0.3) is 0 Å². The molecule has 1 fully saturated rings. The van der Waals surface area contributed by atoms with Gasteiger partial charge in [-0.1, -0.05) is 25.0 Å². The van der Waals surface area contributed by atoms with Crippen LogP contribution in [-0.4, -0.2) is 69.5 Å². The fourth-order valence-corrected chi connectivity index (χ4v) is 6.46. The van der Waals surface area contributed by atoms with Gasteiger partial charge < -0.3 is 24.6 Å². The molecule has 0 aromatic heterocycles. The zero-order valence-corrected chi connectivity index (χ0v) is 24.0. The van der Waals surface area contributed by atoms with E-state index < -0.39 is 46.5 Å². The first-order valence-corrected chi connectivity index (χ1v) is 15.2. The van der Waals surface area contributed by atoms with Gasteiger partial charge in [-0.25, -0.2) is 8.42 Å². The van der Waals surface area contributed by atoms with Crippen LogP contribution in [0.2, 0.25) is 0 Å². The molecule has 1 aliphatic carbocycles. The van der Waals surface area contributed by atoms with E-state index in [2.05, 4.69) is 5.32 Å². The fraction of sp³-hybridized carbons (Fsp3) is 0.483. The van der Waals surface area contributed by atoms with Crippen molar-refractivity contribution in [3.63, 3.8) is 0 Å². The average molecular weight is 613 g/mol. The number of nitrogens with one attached hydrogen (secondary N) is 1. The van der Waals surface area contributed by atoms with Crippen molar-refractivity contribution in [2.24, 2.45) is 0 Å². The average Bonchev–Trinajstić information content (AvgIpc) is 3.49. The van der Waals surface area contributed by atoms with Crippen LogP contribution in [0, 0.1) is 0 Å². The Labute approximate surface area is 243 Å². The molecule has 2 atom stereocenters. The molecule has 1 heterocycles. The maximum absolute atomic E-state index is 13.2. The number of aliphatic hydroxyl groups excluding tert-OH is 1. The van der Waals surface area contributed by atoms with Gasteiger partial charge in [0.15, 0.2) is 5.76 Å². The zero-order valence-electron chi connectivity index (χ0n) is 23.2. The largest absolute Gasteiger partial charge is 0.497 e. The topological polar surface area (TPSA) is 114 Å². The molecule has 230 valence electrons. The van der Waals surface area contributed by atoms with Gasteiger partial charge in [0.05, 0.1) is 30.8 Å². The second-order valence-corrected chi connectivity index (χ2v) is 12.1. The van der Waals surface area contributed by atoms with Crippen molar-refractivity contribution in [2.45, 2.75) is 61.4 Å². The van der Waals surface area contributed by atoms with Crippen LogP contribution >= 0.6 is 0 Å². The van der Waals surface area contributed by atoms with Crippen LogP contribution in [-0.2, 0) is 30.5 Å². The highest BCUT2D eigenvalue weighted by molar-refractivity contribution is 7.89. The molecule has 1 saturated carbocycles. The summed E-state index contributed by atoms with van der Waals surface area (Å²) in [5.41, 5.74) is -0.230. The lowest BCUT2D eigenvalue weighted by Crippen LogP contribution is -2.39. The molecule has 2 aromatic carbocycles. The highest BCUT2D eigenvalue weighted by Gasteiger charge is 2.33. The highest BCUT2D eigenvalue weighted by Crippen LogP contribution is 2.35. The third-order valence-corrected chi connectivity index (χ3v) is 9.24. The third kappa shape index (κ3) is 8.03. The summed E-state index contributed by atoms with van der Waals surface area (Å²) in [7, 11) is -2.50. The number of carbonyl (C=O) groups is 1. The molecule has 0 bridgehead atoms. The number of carbonyl (C=O) groups excluding carboxylic acids is 1. The van der Waals surface area contributed by atoms with Gasteiger partial charge in [-0.2, -0.15) is 17.5 Å². The summed E-state index contributed by atoms with van der Waals surface area (Å²) in [6.07, 6.45) is 0.0502. The van der Waals surface area contributed by atoms with E-state index in [1.54, 1.807) is 6.08 Å². The Hall–Kier alpha value is -3.13. The molecular weight excluding hydrogens is 577 g/mol. The molecule has 2 aliphatic rings. The number of alkyl halides is 3. The number of allylic oxidation sites excluding steroid dienone is 1. The van der Waals surface area contributed by atoms with Gasteiger partial charge in [-0.15, -0.1) is 0 Å². The maximum atomic E-state index is 13.2. The van der Waals surface area contributed by atoms with E-state index in [0.29, 0.717) is 11.3 Å². The number of methoxy groups -OCH3 is 1. The van der Waals surface area contributed by atoms with Gasteiger partial charge in [-0.3, -0.25) is 4.79 Å². The van der Waals surface area contributed by atoms with Crippen molar-refractivity contribution >= 4 is 15.9 Å². The molecule has 2 N–H and O–H groups in total. The molecule has 0 spiro atoms. The second-order valence-electron chi connectivity index (χ2n) is 10.2. The lowest BCUT2D eigenvalue weighted by atomic mass is 9.92. The lowest BCUT2D eigenvalue weighted by Gasteiger charge is -2.30. The van der Waals surface area contributed by atoms with Crippen molar-refractivity contribution in [2.75, 3.05) is 33.4 Å². The molecule has 2 aromatic rings. The Kier molecular flexibility index (Phi) is 10.5. The maximum Gasteiger partial charge on any atom is 0.416 e. The highest BCUT2D eigenvalue weighted by atomic mass is 32.2. The molecule has 1 aliphatic heterocycles. The summed E-state index contributed by atoms with van der Waals surface area (Å²) in [6, 6.07) is 10.6. The summed E-state index contributed by atoms with van der Waals surface area (Å²) in [4.78, 5) is 13.0. The summed E-state index contributed by atoms with van der Waals surface area (Å²) >= 11 is 0. The second kappa shape index (κ2) is 13.9. The van der Waals surface area contributed by atoms with Gasteiger partial charge >= 0.3 is 6.18 Å². The molecule has 0 saturated heterocycles. The first kappa shape index (κ1) is 31.8. The number of hydrogen-bond acceptors (Lipinski definition) is 7. The van der Waals surface area contributed by atoms with Gasteiger partial charge in [0, 0.05) is 31.5 Å². The van der Waals surface area contributed by atoms with E-state index >= 15 is 0 Å². The predicted molar refractivity (Wildman–Crippen MR) is 147 cm³/mol. The van der Waals surface area contributed by atoms with E-state index in [4.69, 9.17) is 14.2 Å². The number of hydrogen-bond donors (Lipinski definition) is 2. The Morgan fingerprint density at radius 2 is 1.74 bits per heavy atom. The van der Waals surface area contributed by atoms with Crippen molar-refractivity contribution in [1.82, 2.24) is 9.62 Å². The van der Waals surface area contributed by atoms with Crippen LogP contribution in [0.1, 0.15) is 49.1 Å². The molecule has 9 nitrogen and oxygen atoms in total. The Morgan fingerprint density at radius 1 is 1.07 bits per heavy atom. The molecule has 0 unspecified atom stereocenters. The Morgan fingerprint density at radius 3 is 2.33 bits per heavy atom. The number of aliphatic hydroxyl groups is 1. The fourth-order valence-electron chi connectivity index (χ4n) is 5.04. The Balaban J connectivity index is 1.47. The third-order valence-electron chi connectivity index (χ3n) is 7.33. The number of sulfonamides is 1. The van der Waals surface area contributed by atoms with E-state index in [1.807, 2.05) is 0 Å². The van der Waals surface area contributed by atoms with Gasteiger partial charge in [0.1, 0.15) is 5.75 Å². The first-order chi connectivity index (χ1) is 20.0. The SMILES string of the molecule is COc1ccc(S(=O)(=O)N(CCO)CCO[C@@H]2C[C@H](c3ccc(C(F)(F)F)cc3)C=C(C(=O)NC3CCCC3)O2)cc1. The quantitative estimate of drug-likeness (QED) is 0.370. The normalized spacial score (nSPS) is 19.8. The van der Waals surface area contributed by atoms with Gasteiger partial charge in [0.2, 0.25) is 16.3 Å². The van der Waals surface area contributed by atoms with Gasteiger partial charge in [0.25, 0.3) is 5.91 Å². The summed E-state index contributed by atoms with van der Waals surface area (Å²) in [6.45, 7) is -0.837. The molecule has 0 radical (unpaired) electrons. The number of ether oxygens (including phenoxy) is 3. The minimum atomic E-state index is -4.48. The predicted octanol–water partition coefficient (Wildman–Crippen LogP) is 4.19. The first-order valence-electron chi connectivity index (χ1n) is 13.7. The molecule has 1 amide bonds. The smallest absolute Gasteiger partial charge is 0.416 e. The molecule has 42 heavy (non-hydrogen) atoms. The Bertz CT molecular complexity index is 1330. The summed E-state index contributed by atoms with van der Waals surface area (Å²) < 4.78 is 83.6. The number of rotatable bonds is 12. The number of amides is 1. The van der Waals surface area contributed by atoms with Crippen molar-refractivity contribution in [3.8, 4) is 5.75 Å². The molecule has 13 heteroatoms. The van der Waals surface area contributed by atoms with Crippen LogP contribution in [0.5, 0.6) is 5.75 Å². The minimum absolute atomic E-state index is 0.00103. The van der Waals surface area contributed by atoms with Crippen LogP contribution in [0.3, 0.4) is 0 Å². The van der Waals surface area contributed by atoms with E-state index in [-0.39, 0.29) is 42.8 Å².